The van der Waals surface area contributed by atoms with E-state index in [1.807, 2.05) is 30.1 Å². The van der Waals surface area contributed by atoms with E-state index in [1.54, 1.807) is 12.1 Å². The molecule has 0 unspecified atom stereocenters. The van der Waals surface area contributed by atoms with Crippen molar-refractivity contribution in [3.05, 3.63) is 58.3 Å². The van der Waals surface area contributed by atoms with Crippen LogP contribution in [-0.4, -0.2) is 13.6 Å². The second-order valence-corrected chi connectivity index (χ2v) is 5.51. The molecule has 0 aliphatic carbocycles. The molecule has 2 nitrogen and oxygen atoms in total. The van der Waals surface area contributed by atoms with E-state index in [9.17, 15) is 4.39 Å². The molecular formula is C16H18BrFN2. The average molecular weight is 337 g/mol. The van der Waals surface area contributed by atoms with Crippen LogP contribution in [0.3, 0.4) is 0 Å². The van der Waals surface area contributed by atoms with Crippen LogP contribution >= 0.6 is 15.9 Å². The largest absolute Gasteiger partial charge is 0.344 e. The van der Waals surface area contributed by atoms with E-state index in [0.717, 1.165) is 28.9 Å². The van der Waals surface area contributed by atoms with Gasteiger partial charge >= 0.3 is 0 Å². The van der Waals surface area contributed by atoms with Gasteiger partial charge in [0.05, 0.1) is 0 Å². The van der Waals surface area contributed by atoms with E-state index in [2.05, 4.69) is 34.2 Å². The smallest absolute Gasteiger partial charge is 0.125 e. The highest BCUT2D eigenvalue weighted by molar-refractivity contribution is 9.10. The third-order valence-corrected chi connectivity index (χ3v) is 3.66. The first kappa shape index (κ1) is 15.0. The van der Waals surface area contributed by atoms with Gasteiger partial charge in [-0.25, -0.2) is 4.39 Å². The Kier molecular flexibility index (Phi) is 5.15. The summed E-state index contributed by atoms with van der Waals surface area (Å²) in [7, 11) is 1.95. The molecule has 106 valence electrons. The van der Waals surface area contributed by atoms with Crippen LogP contribution in [0.1, 0.15) is 12.5 Å². The quantitative estimate of drug-likeness (QED) is 0.866. The molecule has 0 heterocycles. The third-order valence-electron chi connectivity index (χ3n) is 3.16. The molecule has 2 rings (SSSR count). The fraction of sp³-hybridized carbons (Fsp3) is 0.250. The Morgan fingerprint density at radius 1 is 1.20 bits per heavy atom. The molecule has 0 aromatic heterocycles. The summed E-state index contributed by atoms with van der Waals surface area (Å²) in [4.78, 5) is 2.00. The minimum absolute atomic E-state index is 0.223. The van der Waals surface area contributed by atoms with Gasteiger partial charge in [-0.2, -0.15) is 0 Å². The van der Waals surface area contributed by atoms with Gasteiger partial charge in [0.15, 0.2) is 0 Å². The lowest BCUT2D eigenvalue weighted by Gasteiger charge is -2.23. The Balaban J connectivity index is 2.35. The van der Waals surface area contributed by atoms with Crippen molar-refractivity contribution in [1.82, 2.24) is 5.32 Å². The van der Waals surface area contributed by atoms with Crippen LogP contribution in [0.15, 0.2) is 46.9 Å². The van der Waals surface area contributed by atoms with Gasteiger partial charge in [0.2, 0.25) is 0 Å². The van der Waals surface area contributed by atoms with Crippen LogP contribution in [0.5, 0.6) is 0 Å². The summed E-state index contributed by atoms with van der Waals surface area (Å²) < 4.78 is 14.4. The minimum Gasteiger partial charge on any atom is -0.344 e. The van der Waals surface area contributed by atoms with Crippen molar-refractivity contribution in [1.29, 1.82) is 0 Å². The van der Waals surface area contributed by atoms with E-state index in [1.165, 1.54) is 11.6 Å². The highest BCUT2D eigenvalue weighted by atomic mass is 79.9. The number of hydrogen-bond acceptors (Lipinski definition) is 2. The molecule has 0 atom stereocenters. The normalized spacial score (nSPS) is 10.6. The highest BCUT2D eigenvalue weighted by Crippen LogP contribution is 2.29. The number of anilines is 2. The fourth-order valence-corrected chi connectivity index (χ4v) is 2.51. The molecule has 0 spiro atoms. The number of nitrogens with one attached hydrogen (secondary N) is 1. The highest BCUT2D eigenvalue weighted by Gasteiger charge is 2.10. The van der Waals surface area contributed by atoms with Crippen LogP contribution in [0.4, 0.5) is 15.8 Å². The molecule has 0 bridgehead atoms. The first-order valence-corrected chi connectivity index (χ1v) is 7.39. The van der Waals surface area contributed by atoms with Gasteiger partial charge in [0.1, 0.15) is 5.82 Å². The van der Waals surface area contributed by atoms with Gasteiger partial charge in [0.25, 0.3) is 0 Å². The monoisotopic (exact) mass is 336 g/mol. The van der Waals surface area contributed by atoms with E-state index in [-0.39, 0.29) is 5.82 Å². The zero-order valence-electron chi connectivity index (χ0n) is 11.7. The molecule has 0 saturated heterocycles. The number of benzene rings is 2. The van der Waals surface area contributed by atoms with Gasteiger partial charge in [0, 0.05) is 29.4 Å². The second-order valence-electron chi connectivity index (χ2n) is 4.59. The molecule has 0 aliphatic heterocycles. The lowest BCUT2D eigenvalue weighted by molar-refractivity contribution is 0.628. The van der Waals surface area contributed by atoms with Gasteiger partial charge in [-0.05, 0) is 48.5 Å². The summed E-state index contributed by atoms with van der Waals surface area (Å²) in [6.45, 7) is 3.77. The zero-order chi connectivity index (χ0) is 14.5. The van der Waals surface area contributed by atoms with Crippen molar-refractivity contribution in [2.75, 3.05) is 18.5 Å². The molecule has 0 fully saturated rings. The number of rotatable bonds is 5. The topological polar surface area (TPSA) is 15.3 Å². The van der Waals surface area contributed by atoms with Crippen molar-refractivity contribution < 1.29 is 4.39 Å². The summed E-state index contributed by atoms with van der Waals surface area (Å²) in [5.74, 6) is -0.223. The van der Waals surface area contributed by atoms with E-state index in [0.29, 0.717) is 0 Å². The molecule has 0 radical (unpaired) electrons. The maximum absolute atomic E-state index is 13.4. The Labute approximate surface area is 127 Å². The molecule has 0 saturated carbocycles. The van der Waals surface area contributed by atoms with Crippen LogP contribution in [0.2, 0.25) is 0 Å². The molecule has 0 amide bonds. The van der Waals surface area contributed by atoms with Gasteiger partial charge in [-0.3, -0.25) is 0 Å². The molecule has 0 aliphatic rings. The summed E-state index contributed by atoms with van der Waals surface area (Å²) in [6.07, 6.45) is 0. The molecule has 4 heteroatoms. The first-order chi connectivity index (χ1) is 9.61. The van der Waals surface area contributed by atoms with Crippen LogP contribution in [-0.2, 0) is 6.54 Å². The van der Waals surface area contributed by atoms with Crippen molar-refractivity contribution >= 4 is 27.3 Å². The summed E-state index contributed by atoms with van der Waals surface area (Å²) in [5.41, 5.74) is 3.08. The van der Waals surface area contributed by atoms with Crippen LogP contribution < -0.4 is 10.2 Å². The van der Waals surface area contributed by atoms with Crippen LogP contribution in [0.25, 0.3) is 0 Å². The Morgan fingerprint density at radius 3 is 2.70 bits per heavy atom. The lowest BCUT2D eigenvalue weighted by atomic mass is 10.1. The summed E-state index contributed by atoms with van der Waals surface area (Å²) >= 11 is 3.50. The Hall–Kier alpha value is -1.39. The minimum atomic E-state index is -0.223. The Bertz CT molecular complexity index is 586. The molecule has 20 heavy (non-hydrogen) atoms. The van der Waals surface area contributed by atoms with Gasteiger partial charge < -0.3 is 10.2 Å². The zero-order valence-corrected chi connectivity index (χ0v) is 13.2. The third kappa shape index (κ3) is 3.58. The number of hydrogen-bond donors (Lipinski definition) is 1. The first-order valence-electron chi connectivity index (χ1n) is 6.60. The van der Waals surface area contributed by atoms with Crippen molar-refractivity contribution in [2.45, 2.75) is 13.5 Å². The maximum Gasteiger partial charge on any atom is 0.125 e. The Morgan fingerprint density at radius 2 is 2.00 bits per heavy atom. The molecule has 2 aromatic rings. The fourth-order valence-electron chi connectivity index (χ4n) is 2.11. The second kappa shape index (κ2) is 6.86. The maximum atomic E-state index is 13.4. The molecule has 1 N–H and O–H groups in total. The average Bonchev–Trinajstić information content (AvgIpc) is 2.44. The number of nitrogens with zero attached hydrogens (tertiary/aromatic N) is 1. The molecule has 2 aromatic carbocycles. The standard InChI is InChI=1S/C16H18BrFN2/c1-3-19-11-12-9-13(17)7-8-16(12)20(2)15-6-4-5-14(18)10-15/h4-10,19H,3,11H2,1-2H3. The van der Waals surface area contributed by atoms with Crippen molar-refractivity contribution in [2.24, 2.45) is 0 Å². The van der Waals surface area contributed by atoms with Gasteiger partial charge in [-0.15, -0.1) is 0 Å². The van der Waals surface area contributed by atoms with Crippen LogP contribution in [0, 0.1) is 5.82 Å². The predicted octanol–water partition coefficient (Wildman–Crippen LogP) is 4.47. The summed E-state index contributed by atoms with van der Waals surface area (Å²) in [6, 6.07) is 12.8. The SMILES string of the molecule is CCNCc1cc(Br)ccc1N(C)c1cccc(F)c1. The van der Waals surface area contributed by atoms with E-state index < -0.39 is 0 Å². The van der Waals surface area contributed by atoms with Crippen molar-refractivity contribution in [3.63, 3.8) is 0 Å². The number of halogens is 2. The molecular weight excluding hydrogens is 319 g/mol. The van der Waals surface area contributed by atoms with E-state index >= 15 is 0 Å². The predicted molar refractivity (Wildman–Crippen MR) is 86.0 cm³/mol. The summed E-state index contributed by atoms with van der Waals surface area (Å²) in [5, 5.41) is 3.33. The van der Waals surface area contributed by atoms with E-state index in [4.69, 9.17) is 0 Å². The van der Waals surface area contributed by atoms with Crippen molar-refractivity contribution in [3.8, 4) is 0 Å². The van der Waals surface area contributed by atoms with Gasteiger partial charge in [-0.1, -0.05) is 28.9 Å². The lowest BCUT2D eigenvalue weighted by Crippen LogP contribution is -2.17.